The van der Waals surface area contributed by atoms with Crippen molar-refractivity contribution in [3.63, 3.8) is 0 Å². The maximum Gasteiger partial charge on any atom is 0.217 e. The molecular formula is C12H15BrN2O2. The Hall–Kier alpha value is -0.680. The van der Waals surface area contributed by atoms with Crippen molar-refractivity contribution < 1.29 is 9.47 Å². The highest BCUT2D eigenvalue weighted by atomic mass is 79.9. The summed E-state index contributed by atoms with van der Waals surface area (Å²) in [6, 6.07) is 1.84. The second-order valence-corrected chi connectivity index (χ2v) is 5.51. The van der Waals surface area contributed by atoms with E-state index >= 15 is 0 Å². The van der Waals surface area contributed by atoms with Gasteiger partial charge >= 0.3 is 0 Å². The van der Waals surface area contributed by atoms with Crippen LogP contribution in [0, 0.1) is 5.92 Å². The molecule has 1 saturated heterocycles. The third kappa shape index (κ3) is 2.96. The summed E-state index contributed by atoms with van der Waals surface area (Å²) in [6.07, 6.45) is 3.49. The summed E-state index contributed by atoms with van der Waals surface area (Å²) in [5.74, 6) is 2.65. The van der Waals surface area contributed by atoms with Crippen molar-refractivity contribution in [1.29, 1.82) is 0 Å². The number of hydrogen-bond donors (Lipinski definition) is 0. The minimum atomic E-state index is 0.508. The molecule has 5 heteroatoms. The number of hydrogen-bond acceptors (Lipinski definition) is 4. The Morgan fingerprint density at radius 2 is 2.24 bits per heavy atom. The van der Waals surface area contributed by atoms with Gasteiger partial charge in [0.15, 0.2) is 0 Å². The molecule has 0 N–H and O–H groups in total. The second kappa shape index (κ2) is 4.90. The van der Waals surface area contributed by atoms with Gasteiger partial charge in [-0.2, -0.15) is 4.98 Å². The second-order valence-electron chi connectivity index (χ2n) is 4.70. The molecule has 1 unspecified atom stereocenters. The molecule has 3 rings (SSSR count). The van der Waals surface area contributed by atoms with E-state index in [1.54, 1.807) is 0 Å². The van der Waals surface area contributed by atoms with Crippen molar-refractivity contribution in [3.05, 3.63) is 16.5 Å². The quantitative estimate of drug-likeness (QED) is 0.801. The van der Waals surface area contributed by atoms with Crippen molar-refractivity contribution in [3.8, 4) is 5.88 Å². The van der Waals surface area contributed by atoms with Crippen LogP contribution in [-0.4, -0.2) is 29.8 Å². The third-order valence-corrected chi connectivity index (χ3v) is 3.53. The molecule has 4 nitrogen and oxygen atoms in total. The van der Waals surface area contributed by atoms with Gasteiger partial charge in [-0.25, -0.2) is 4.98 Å². The summed E-state index contributed by atoms with van der Waals surface area (Å²) in [5, 5.41) is 0. The minimum Gasteiger partial charge on any atom is -0.477 e. The van der Waals surface area contributed by atoms with Gasteiger partial charge < -0.3 is 9.47 Å². The van der Waals surface area contributed by atoms with Gasteiger partial charge in [0.1, 0.15) is 10.4 Å². The SMILES string of the molecule is Brc1cc(OCC2CCOC2)nc(C2CC2)n1. The van der Waals surface area contributed by atoms with Crippen molar-refractivity contribution >= 4 is 15.9 Å². The zero-order valence-electron chi connectivity index (χ0n) is 9.56. The third-order valence-electron chi connectivity index (χ3n) is 3.12. The Balaban J connectivity index is 1.64. The Kier molecular flexibility index (Phi) is 3.29. The molecule has 2 heterocycles. The van der Waals surface area contributed by atoms with Crippen molar-refractivity contribution in [2.45, 2.75) is 25.2 Å². The standard InChI is InChI=1S/C12H15BrN2O2/c13-10-5-11(15-12(14-10)9-1-2-9)17-7-8-3-4-16-6-8/h5,8-9H,1-4,6-7H2. The molecule has 0 radical (unpaired) electrons. The van der Waals surface area contributed by atoms with E-state index in [0.717, 1.165) is 30.1 Å². The van der Waals surface area contributed by atoms with Gasteiger partial charge in [0.2, 0.25) is 5.88 Å². The predicted molar refractivity (Wildman–Crippen MR) is 66.1 cm³/mol. The van der Waals surface area contributed by atoms with Crippen LogP contribution < -0.4 is 4.74 Å². The first-order valence-electron chi connectivity index (χ1n) is 6.06. The van der Waals surface area contributed by atoms with Gasteiger partial charge in [0, 0.05) is 24.5 Å². The van der Waals surface area contributed by atoms with Crippen LogP contribution in [0.4, 0.5) is 0 Å². The highest BCUT2D eigenvalue weighted by Crippen LogP contribution is 2.39. The van der Waals surface area contributed by atoms with Crippen molar-refractivity contribution in [2.24, 2.45) is 5.92 Å². The number of nitrogens with zero attached hydrogens (tertiary/aromatic N) is 2. The Morgan fingerprint density at radius 1 is 1.35 bits per heavy atom. The van der Waals surface area contributed by atoms with Crippen LogP contribution in [0.15, 0.2) is 10.7 Å². The van der Waals surface area contributed by atoms with Crippen LogP contribution in [0.5, 0.6) is 5.88 Å². The van der Waals surface area contributed by atoms with Crippen LogP contribution in [0.3, 0.4) is 0 Å². The van der Waals surface area contributed by atoms with E-state index in [1.807, 2.05) is 6.07 Å². The topological polar surface area (TPSA) is 44.2 Å². The first kappa shape index (κ1) is 11.4. The molecule has 2 aliphatic rings. The zero-order chi connectivity index (χ0) is 11.7. The molecule has 0 aromatic carbocycles. The molecule has 1 aromatic rings. The van der Waals surface area contributed by atoms with E-state index in [2.05, 4.69) is 25.9 Å². The van der Waals surface area contributed by atoms with Crippen LogP contribution in [-0.2, 0) is 4.74 Å². The van der Waals surface area contributed by atoms with Gasteiger partial charge in [-0.3, -0.25) is 0 Å². The average molecular weight is 299 g/mol. The fourth-order valence-corrected chi connectivity index (χ4v) is 2.31. The van der Waals surface area contributed by atoms with Crippen LogP contribution >= 0.6 is 15.9 Å². The number of rotatable bonds is 4. The van der Waals surface area contributed by atoms with E-state index in [0.29, 0.717) is 24.3 Å². The van der Waals surface area contributed by atoms with Crippen LogP contribution in [0.25, 0.3) is 0 Å². The van der Waals surface area contributed by atoms with E-state index in [9.17, 15) is 0 Å². The highest BCUT2D eigenvalue weighted by Gasteiger charge is 2.27. The molecule has 0 amide bonds. The lowest BCUT2D eigenvalue weighted by Crippen LogP contribution is -2.12. The summed E-state index contributed by atoms with van der Waals surface area (Å²) in [6.45, 7) is 2.35. The first-order chi connectivity index (χ1) is 8.31. The first-order valence-corrected chi connectivity index (χ1v) is 6.85. The maximum absolute atomic E-state index is 5.73. The van der Waals surface area contributed by atoms with Crippen LogP contribution in [0.2, 0.25) is 0 Å². The largest absolute Gasteiger partial charge is 0.477 e. The van der Waals surface area contributed by atoms with Gasteiger partial charge in [-0.05, 0) is 35.2 Å². The summed E-state index contributed by atoms with van der Waals surface area (Å²) < 4.78 is 11.9. The molecule has 1 atom stereocenters. The van der Waals surface area contributed by atoms with Crippen molar-refractivity contribution in [1.82, 2.24) is 9.97 Å². The fourth-order valence-electron chi connectivity index (χ4n) is 1.93. The van der Waals surface area contributed by atoms with Gasteiger partial charge in [0.25, 0.3) is 0 Å². The lowest BCUT2D eigenvalue weighted by atomic mass is 10.1. The fraction of sp³-hybridized carbons (Fsp3) is 0.667. The average Bonchev–Trinajstić information content (AvgIpc) is 3.04. The summed E-state index contributed by atoms with van der Waals surface area (Å²) >= 11 is 3.41. The van der Waals surface area contributed by atoms with Crippen LogP contribution in [0.1, 0.15) is 31.0 Å². The predicted octanol–water partition coefficient (Wildman–Crippen LogP) is 2.53. The number of ether oxygens (including phenoxy) is 2. The minimum absolute atomic E-state index is 0.508. The van der Waals surface area contributed by atoms with E-state index in [-0.39, 0.29) is 0 Å². The number of halogens is 1. The summed E-state index contributed by atoms with van der Waals surface area (Å²) in [7, 11) is 0. The molecular weight excluding hydrogens is 284 g/mol. The Labute approximate surface area is 109 Å². The lowest BCUT2D eigenvalue weighted by Gasteiger charge is -2.10. The zero-order valence-corrected chi connectivity index (χ0v) is 11.1. The summed E-state index contributed by atoms with van der Waals surface area (Å²) in [5.41, 5.74) is 0. The molecule has 0 spiro atoms. The Morgan fingerprint density at radius 3 is 2.94 bits per heavy atom. The molecule has 1 aliphatic carbocycles. The maximum atomic E-state index is 5.73. The molecule has 17 heavy (non-hydrogen) atoms. The highest BCUT2D eigenvalue weighted by molar-refractivity contribution is 9.10. The Bertz CT molecular complexity index is 403. The summed E-state index contributed by atoms with van der Waals surface area (Å²) in [4.78, 5) is 8.83. The van der Waals surface area contributed by atoms with E-state index < -0.39 is 0 Å². The monoisotopic (exact) mass is 298 g/mol. The molecule has 2 fully saturated rings. The molecule has 92 valence electrons. The normalized spacial score (nSPS) is 23.9. The molecule has 0 bridgehead atoms. The number of aromatic nitrogens is 2. The lowest BCUT2D eigenvalue weighted by molar-refractivity contribution is 0.165. The molecule has 1 aliphatic heterocycles. The van der Waals surface area contributed by atoms with Gasteiger partial charge in [0.05, 0.1) is 13.2 Å². The van der Waals surface area contributed by atoms with Gasteiger partial charge in [-0.1, -0.05) is 0 Å². The van der Waals surface area contributed by atoms with E-state index in [1.165, 1.54) is 12.8 Å². The van der Waals surface area contributed by atoms with Gasteiger partial charge in [-0.15, -0.1) is 0 Å². The molecule has 1 saturated carbocycles. The van der Waals surface area contributed by atoms with E-state index in [4.69, 9.17) is 9.47 Å². The molecule has 1 aromatic heterocycles. The van der Waals surface area contributed by atoms with Crippen molar-refractivity contribution in [2.75, 3.05) is 19.8 Å². The smallest absolute Gasteiger partial charge is 0.217 e.